The maximum atomic E-state index is 12.0. The van der Waals surface area contributed by atoms with Crippen LogP contribution in [0.25, 0.3) is 0 Å². The van der Waals surface area contributed by atoms with Gasteiger partial charge in [0.05, 0.1) is 18.8 Å². The quantitative estimate of drug-likeness (QED) is 0.626. The minimum absolute atomic E-state index is 0.0312. The van der Waals surface area contributed by atoms with Crippen molar-refractivity contribution in [2.24, 2.45) is 0 Å². The van der Waals surface area contributed by atoms with E-state index in [0.29, 0.717) is 29.4 Å². The Labute approximate surface area is 118 Å². The second-order valence-electron chi connectivity index (χ2n) is 4.58. The summed E-state index contributed by atoms with van der Waals surface area (Å²) in [5.41, 5.74) is 1.58. The molecule has 1 saturated heterocycles. The van der Waals surface area contributed by atoms with Crippen molar-refractivity contribution >= 4 is 23.8 Å². The topological polar surface area (TPSA) is 47.4 Å². The summed E-state index contributed by atoms with van der Waals surface area (Å²) in [6.07, 6.45) is 0. The fourth-order valence-electron chi connectivity index (χ4n) is 2.44. The molecule has 1 aliphatic rings. The van der Waals surface area contributed by atoms with Gasteiger partial charge in [-0.15, -0.1) is 0 Å². The van der Waals surface area contributed by atoms with Crippen LogP contribution < -0.4 is 4.90 Å². The molecule has 1 aromatic heterocycles. The van der Waals surface area contributed by atoms with Crippen molar-refractivity contribution in [3.8, 4) is 0 Å². The Balaban J connectivity index is 2.58. The van der Waals surface area contributed by atoms with Crippen LogP contribution in [0.3, 0.4) is 0 Å². The molecule has 0 spiro atoms. The van der Waals surface area contributed by atoms with Crippen molar-refractivity contribution in [3.05, 3.63) is 16.0 Å². The molecule has 2 rings (SSSR count). The summed E-state index contributed by atoms with van der Waals surface area (Å²) in [6, 6.07) is 0. The minimum atomic E-state index is 0.0312. The lowest BCUT2D eigenvalue weighted by Crippen LogP contribution is -2.38. The van der Waals surface area contributed by atoms with Crippen LogP contribution in [0.1, 0.15) is 29.9 Å². The number of rotatable bonds is 3. The summed E-state index contributed by atoms with van der Waals surface area (Å²) in [5, 5.41) is 0. The van der Waals surface area contributed by atoms with Crippen LogP contribution in [0.5, 0.6) is 0 Å². The van der Waals surface area contributed by atoms with E-state index in [1.165, 1.54) is 0 Å². The Morgan fingerprint density at radius 3 is 2.58 bits per heavy atom. The van der Waals surface area contributed by atoms with E-state index >= 15 is 0 Å². The number of ketones is 1. The van der Waals surface area contributed by atoms with Crippen LogP contribution >= 0.6 is 12.2 Å². The fraction of sp³-hybridized carbons (Fsp3) is 0.615. The highest BCUT2D eigenvalue weighted by atomic mass is 32.1. The van der Waals surface area contributed by atoms with Crippen LogP contribution in [0.4, 0.5) is 5.82 Å². The zero-order chi connectivity index (χ0) is 14.0. The third-order valence-electron chi connectivity index (χ3n) is 3.40. The first-order valence-corrected chi connectivity index (χ1v) is 6.92. The van der Waals surface area contributed by atoms with Gasteiger partial charge in [-0.1, -0.05) is 0 Å². The number of hydrogen-bond acceptors (Lipinski definition) is 5. The molecule has 0 radical (unpaired) electrons. The molecule has 0 amide bonds. The summed E-state index contributed by atoms with van der Waals surface area (Å²) in [6.45, 7) is 9.05. The highest BCUT2D eigenvalue weighted by molar-refractivity contribution is 7.71. The molecule has 0 atom stereocenters. The van der Waals surface area contributed by atoms with Crippen molar-refractivity contribution in [2.75, 3.05) is 31.2 Å². The van der Waals surface area contributed by atoms with Crippen LogP contribution in [0.2, 0.25) is 0 Å². The average molecular weight is 281 g/mol. The Hall–Kier alpha value is -1.27. The zero-order valence-corrected chi connectivity index (χ0v) is 12.4. The van der Waals surface area contributed by atoms with Gasteiger partial charge in [-0.25, -0.2) is 4.98 Å². The maximum absolute atomic E-state index is 12.0. The molecule has 0 bridgehead atoms. The second kappa shape index (κ2) is 5.79. The Morgan fingerprint density at radius 2 is 2.05 bits per heavy atom. The molecule has 0 aliphatic carbocycles. The highest BCUT2D eigenvalue weighted by Gasteiger charge is 2.22. The number of ether oxygens (including phenoxy) is 1. The van der Waals surface area contributed by atoms with Crippen LogP contribution in [-0.4, -0.2) is 41.6 Å². The van der Waals surface area contributed by atoms with Gasteiger partial charge in [-0.2, -0.15) is 0 Å². The second-order valence-corrected chi connectivity index (χ2v) is 4.94. The average Bonchev–Trinajstić information content (AvgIpc) is 2.39. The van der Waals surface area contributed by atoms with Crippen LogP contribution in [0, 0.1) is 11.7 Å². The van der Waals surface area contributed by atoms with Crippen LogP contribution in [-0.2, 0) is 11.3 Å². The first kappa shape index (κ1) is 14.1. The number of Topliss-reactive ketones (excluding diaryl/α,β-unsaturated/α-hetero) is 1. The van der Waals surface area contributed by atoms with Gasteiger partial charge in [0.25, 0.3) is 0 Å². The third-order valence-corrected chi connectivity index (χ3v) is 3.71. The first-order valence-electron chi connectivity index (χ1n) is 6.51. The molecule has 0 aromatic carbocycles. The zero-order valence-electron chi connectivity index (χ0n) is 11.6. The molecular formula is C13H19N3O2S. The molecule has 0 unspecified atom stereocenters. The first-order chi connectivity index (χ1) is 9.06. The summed E-state index contributed by atoms with van der Waals surface area (Å²) in [4.78, 5) is 18.5. The molecule has 0 N–H and O–H groups in total. The third kappa shape index (κ3) is 2.69. The van der Waals surface area contributed by atoms with Gasteiger partial charge in [0.15, 0.2) is 5.78 Å². The van der Waals surface area contributed by atoms with Gasteiger partial charge < -0.3 is 14.2 Å². The van der Waals surface area contributed by atoms with Gasteiger partial charge in [-0.05, 0) is 33.0 Å². The lowest BCUT2D eigenvalue weighted by atomic mass is 10.1. The number of carbonyl (C=O) groups is 1. The van der Waals surface area contributed by atoms with E-state index in [9.17, 15) is 4.79 Å². The molecule has 104 valence electrons. The van der Waals surface area contributed by atoms with E-state index in [1.807, 2.05) is 18.4 Å². The minimum Gasteiger partial charge on any atom is -0.378 e. The maximum Gasteiger partial charge on any atom is 0.201 e. The Kier molecular flexibility index (Phi) is 4.31. The monoisotopic (exact) mass is 281 g/mol. The van der Waals surface area contributed by atoms with E-state index in [-0.39, 0.29) is 5.78 Å². The van der Waals surface area contributed by atoms with Gasteiger partial charge in [0.2, 0.25) is 4.77 Å². The fourth-order valence-corrected chi connectivity index (χ4v) is 2.79. The highest BCUT2D eigenvalue weighted by Crippen LogP contribution is 2.23. The van der Waals surface area contributed by atoms with Crippen molar-refractivity contribution < 1.29 is 9.53 Å². The summed E-state index contributed by atoms with van der Waals surface area (Å²) < 4.78 is 7.77. The molecule has 2 heterocycles. The van der Waals surface area contributed by atoms with E-state index in [1.54, 1.807) is 6.92 Å². The number of aromatic nitrogens is 2. The summed E-state index contributed by atoms with van der Waals surface area (Å²) in [7, 11) is 0. The van der Waals surface area contributed by atoms with Gasteiger partial charge in [-0.3, -0.25) is 4.79 Å². The van der Waals surface area contributed by atoms with Gasteiger partial charge in [0.1, 0.15) is 5.82 Å². The van der Waals surface area contributed by atoms with Crippen molar-refractivity contribution in [2.45, 2.75) is 27.3 Å². The van der Waals surface area contributed by atoms with E-state index in [2.05, 4.69) is 9.88 Å². The standard InChI is InChI=1S/C13H19N3O2S/c1-4-16-9(2)11(10(3)17)12(14-13(16)19)15-5-7-18-8-6-15/h4-8H2,1-3H3. The molecular weight excluding hydrogens is 262 g/mol. The van der Waals surface area contributed by atoms with Crippen molar-refractivity contribution in [3.63, 3.8) is 0 Å². The van der Waals surface area contributed by atoms with Crippen molar-refractivity contribution in [1.82, 2.24) is 9.55 Å². The molecule has 6 heteroatoms. The number of hydrogen-bond donors (Lipinski definition) is 0. The Bertz CT molecular complexity index is 548. The van der Waals surface area contributed by atoms with Crippen molar-refractivity contribution in [1.29, 1.82) is 0 Å². The molecule has 1 aromatic rings. The molecule has 1 fully saturated rings. The smallest absolute Gasteiger partial charge is 0.201 e. The SMILES string of the molecule is CCn1c(C)c(C(C)=O)c(N2CCOCC2)nc1=S. The molecule has 0 saturated carbocycles. The van der Waals surface area contributed by atoms with Gasteiger partial charge >= 0.3 is 0 Å². The number of nitrogens with zero attached hydrogens (tertiary/aromatic N) is 3. The molecule has 19 heavy (non-hydrogen) atoms. The predicted octanol–water partition coefficient (Wildman–Crippen LogP) is 1.98. The lowest BCUT2D eigenvalue weighted by Gasteiger charge is -2.30. The van der Waals surface area contributed by atoms with E-state index in [0.717, 1.165) is 25.3 Å². The predicted molar refractivity (Wildman–Crippen MR) is 76.5 cm³/mol. The normalized spacial score (nSPS) is 15.6. The number of anilines is 1. The van der Waals surface area contributed by atoms with Crippen LogP contribution in [0.15, 0.2) is 0 Å². The lowest BCUT2D eigenvalue weighted by molar-refractivity contribution is 0.101. The van der Waals surface area contributed by atoms with E-state index in [4.69, 9.17) is 17.0 Å². The van der Waals surface area contributed by atoms with E-state index < -0.39 is 0 Å². The summed E-state index contributed by atoms with van der Waals surface area (Å²) >= 11 is 5.32. The van der Waals surface area contributed by atoms with Gasteiger partial charge in [0, 0.05) is 25.3 Å². The largest absolute Gasteiger partial charge is 0.378 e. The number of carbonyl (C=O) groups excluding carboxylic acids is 1. The Morgan fingerprint density at radius 1 is 1.42 bits per heavy atom. The number of morpholine rings is 1. The molecule has 1 aliphatic heterocycles. The molecule has 5 nitrogen and oxygen atoms in total. The summed E-state index contributed by atoms with van der Waals surface area (Å²) in [5.74, 6) is 0.742.